The number of amides is 2. The van der Waals surface area contributed by atoms with Crippen molar-refractivity contribution in [3.63, 3.8) is 0 Å². The number of rotatable bonds is 5. The van der Waals surface area contributed by atoms with Gasteiger partial charge in [0.15, 0.2) is 0 Å². The van der Waals surface area contributed by atoms with E-state index < -0.39 is 0 Å². The van der Waals surface area contributed by atoms with Crippen LogP contribution in [0.1, 0.15) is 35.3 Å². The number of likely N-dealkylation sites (N-methyl/N-ethyl adjacent to an activating group) is 1. The quantitative estimate of drug-likeness (QED) is 0.848. The highest BCUT2D eigenvalue weighted by atomic mass is 16.2. The fourth-order valence-corrected chi connectivity index (χ4v) is 2.68. The van der Waals surface area contributed by atoms with E-state index in [0.717, 1.165) is 25.1 Å². The summed E-state index contributed by atoms with van der Waals surface area (Å²) in [6.45, 7) is 6.94. The Hall–Kier alpha value is -1.88. The van der Waals surface area contributed by atoms with Crippen molar-refractivity contribution in [2.45, 2.75) is 26.8 Å². The van der Waals surface area contributed by atoms with E-state index >= 15 is 0 Å². The molecule has 0 saturated heterocycles. The lowest BCUT2D eigenvalue weighted by Crippen LogP contribution is -2.40. The number of hydrogen-bond donors (Lipinski definition) is 2. The van der Waals surface area contributed by atoms with E-state index in [9.17, 15) is 9.59 Å². The maximum atomic E-state index is 12.3. The average Bonchev–Trinajstić information content (AvgIpc) is 2.53. The van der Waals surface area contributed by atoms with Gasteiger partial charge in [-0.1, -0.05) is 12.1 Å². The molecule has 21 heavy (non-hydrogen) atoms. The van der Waals surface area contributed by atoms with Crippen molar-refractivity contribution >= 4 is 11.8 Å². The summed E-state index contributed by atoms with van der Waals surface area (Å²) in [7, 11) is 0. The number of nitrogens with one attached hydrogen (secondary N) is 2. The topological polar surface area (TPSA) is 61.4 Å². The van der Waals surface area contributed by atoms with Crippen molar-refractivity contribution in [1.29, 1.82) is 0 Å². The number of carbonyl (C=O) groups excluding carboxylic acids is 2. The van der Waals surface area contributed by atoms with Gasteiger partial charge in [-0.25, -0.2) is 0 Å². The van der Waals surface area contributed by atoms with Gasteiger partial charge in [-0.2, -0.15) is 0 Å². The second-order valence-electron chi connectivity index (χ2n) is 5.12. The van der Waals surface area contributed by atoms with Crippen LogP contribution in [0.2, 0.25) is 0 Å². The second-order valence-corrected chi connectivity index (χ2v) is 5.12. The minimum Gasteiger partial charge on any atom is -0.343 e. The fraction of sp³-hybridized carbons (Fsp3) is 0.500. The maximum Gasteiger partial charge on any atom is 0.252 e. The molecule has 0 unspecified atom stereocenters. The summed E-state index contributed by atoms with van der Waals surface area (Å²) in [5, 5.41) is 6.04. The largest absolute Gasteiger partial charge is 0.343 e. The highest BCUT2D eigenvalue weighted by Crippen LogP contribution is 2.18. The van der Waals surface area contributed by atoms with E-state index in [4.69, 9.17) is 0 Å². The predicted molar refractivity (Wildman–Crippen MR) is 82.1 cm³/mol. The van der Waals surface area contributed by atoms with Crippen LogP contribution in [0.3, 0.4) is 0 Å². The number of benzene rings is 1. The molecule has 2 rings (SSSR count). The molecule has 1 aliphatic heterocycles. The number of carbonyl (C=O) groups is 2. The third-order valence-electron chi connectivity index (χ3n) is 3.90. The molecule has 0 spiro atoms. The Morgan fingerprint density at radius 3 is 2.76 bits per heavy atom. The standard InChI is InChI=1S/C16H23N3O2/c1-3-19(4-2)15(20)11-18-16(21)14-7-5-6-12-10-17-9-8-13(12)14/h5-7,17H,3-4,8-11H2,1-2H3,(H,18,21). The zero-order valence-electron chi connectivity index (χ0n) is 12.7. The highest BCUT2D eigenvalue weighted by Gasteiger charge is 2.18. The maximum absolute atomic E-state index is 12.3. The monoisotopic (exact) mass is 289 g/mol. The van der Waals surface area contributed by atoms with Gasteiger partial charge in [-0.3, -0.25) is 9.59 Å². The highest BCUT2D eigenvalue weighted by molar-refractivity contribution is 5.98. The lowest BCUT2D eigenvalue weighted by molar-refractivity contribution is -0.129. The van der Waals surface area contributed by atoms with E-state index in [1.807, 2.05) is 32.0 Å². The molecular weight excluding hydrogens is 266 g/mol. The van der Waals surface area contributed by atoms with Crippen LogP contribution in [-0.2, 0) is 17.8 Å². The Morgan fingerprint density at radius 1 is 1.29 bits per heavy atom. The molecule has 5 heteroatoms. The van der Waals surface area contributed by atoms with Gasteiger partial charge in [0.25, 0.3) is 5.91 Å². The molecule has 0 saturated carbocycles. The molecule has 0 aliphatic carbocycles. The van der Waals surface area contributed by atoms with Gasteiger partial charge in [0.05, 0.1) is 6.54 Å². The first-order valence-corrected chi connectivity index (χ1v) is 7.54. The SMILES string of the molecule is CCN(CC)C(=O)CNC(=O)c1cccc2c1CCNC2. The number of hydrogen-bond acceptors (Lipinski definition) is 3. The lowest BCUT2D eigenvalue weighted by Gasteiger charge is -2.21. The van der Waals surface area contributed by atoms with Crippen molar-refractivity contribution in [3.8, 4) is 0 Å². The molecule has 0 atom stereocenters. The van der Waals surface area contributed by atoms with Crippen molar-refractivity contribution < 1.29 is 9.59 Å². The molecule has 0 aromatic heterocycles. The molecule has 0 bridgehead atoms. The van der Waals surface area contributed by atoms with Crippen LogP contribution in [0.4, 0.5) is 0 Å². The van der Waals surface area contributed by atoms with Crippen molar-refractivity contribution in [2.24, 2.45) is 0 Å². The Balaban J connectivity index is 2.03. The summed E-state index contributed by atoms with van der Waals surface area (Å²) in [6, 6.07) is 5.77. The molecule has 2 N–H and O–H groups in total. The van der Waals surface area contributed by atoms with Gasteiger partial charge >= 0.3 is 0 Å². The second kappa shape index (κ2) is 7.22. The van der Waals surface area contributed by atoms with E-state index in [-0.39, 0.29) is 18.4 Å². The van der Waals surface area contributed by atoms with Gasteiger partial charge in [0, 0.05) is 25.2 Å². The van der Waals surface area contributed by atoms with Crippen LogP contribution in [0.25, 0.3) is 0 Å². The summed E-state index contributed by atoms with van der Waals surface area (Å²) >= 11 is 0. The van der Waals surface area contributed by atoms with Crippen LogP contribution >= 0.6 is 0 Å². The molecule has 1 aliphatic rings. The Bertz CT molecular complexity index is 524. The van der Waals surface area contributed by atoms with Gasteiger partial charge in [-0.05, 0) is 44.0 Å². The molecule has 2 amide bonds. The summed E-state index contributed by atoms with van der Waals surface area (Å²) < 4.78 is 0. The molecular formula is C16H23N3O2. The zero-order chi connectivity index (χ0) is 15.2. The first kappa shape index (κ1) is 15.5. The Morgan fingerprint density at radius 2 is 2.05 bits per heavy atom. The third-order valence-corrected chi connectivity index (χ3v) is 3.90. The number of fused-ring (bicyclic) bond motifs is 1. The molecule has 1 heterocycles. The zero-order valence-corrected chi connectivity index (χ0v) is 12.7. The Labute approximate surface area is 125 Å². The molecule has 114 valence electrons. The van der Waals surface area contributed by atoms with E-state index in [0.29, 0.717) is 18.7 Å². The normalized spacial score (nSPS) is 13.4. The van der Waals surface area contributed by atoms with Crippen molar-refractivity contribution in [3.05, 3.63) is 34.9 Å². The summed E-state index contributed by atoms with van der Waals surface area (Å²) in [6.07, 6.45) is 0.850. The first-order chi connectivity index (χ1) is 10.2. The van der Waals surface area contributed by atoms with Crippen LogP contribution in [0, 0.1) is 0 Å². The minimum absolute atomic E-state index is 0.0418. The summed E-state index contributed by atoms with van der Waals surface area (Å²) in [5.74, 6) is -0.200. The van der Waals surface area contributed by atoms with E-state index in [2.05, 4.69) is 10.6 Å². The molecule has 5 nitrogen and oxygen atoms in total. The average molecular weight is 289 g/mol. The number of nitrogens with zero attached hydrogens (tertiary/aromatic N) is 1. The van der Waals surface area contributed by atoms with E-state index in [1.54, 1.807) is 4.90 Å². The van der Waals surface area contributed by atoms with Crippen LogP contribution in [0.15, 0.2) is 18.2 Å². The Kier molecular flexibility index (Phi) is 5.33. The third kappa shape index (κ3) is 3.61. The molecule has 1 aromatic rings. The van der Waals surface area contributed by atoms with Crippen LogP contribution in [-0.4, -0.2) is 42.9 Å². The van der Waals surface area contributed by atoms with Crippen molar-refractivity contribution in [2.75, 3.05) is 26.2 Å². The van der Waals surface area contributed by atoms with Gasteiger partial charge in [0.2, 0.25) is 5.91 Å². The fourth-order valence-electron chi connectivity index (χ4n) is 2.68. The predicted octanol–water partition coefficient (Wildman–Crippen LogP) is 0.930. The van der Waals surface area contributed by atoms with Gasteiger partial charge in [0.1, 0.15) is 0 Å². The molecule has 0 fully saturated rings. The van der Waals surface area contributed by atoms with E-state index in [1.165, 1.54) is 5.56 Å². The molecule has 0 radical (unpaired) electrons. The summed E-state index contributed by atoms with van der Waals surface area (Å²) in [4.78, 5) is 26.0. The summed E-state index contributed by atoms with van der Waals surface area (Å²) in [5.41, 5.74) is 2.97. The van der Waals surface area contributed by atoms with Gasteiger partial charge in [-0.15, -0.1) is 0 Å². The van der Waals surface area contributed by atoms with Gasteiger partial charge < -0.3 is 15.5 Å². The van der Waals surface area contributed by atoms with Crippen LogP contribution in [0.5, 0.6) is 0 Å². The van der Waals surface area contributed by atoms with Crippen molar-refractivity contribution in [1.82, 2.24) is 15.5 Å². The molecule has 1 aromatic carbocycles. The van der Waals surface area contributed by atoms with Crippen LogP contribution < -0.4 is 10.6 Å². The lowest BCUT2D eigenvalue weighted by atomic mass is 9.95. The smallest absolute Gasteiger partial charge is 0.252 e. The minimum atomic E-state index is -0.158. The first-order valence-electron chi connectivity index (χ1n) is 7.54.